The summed E-state index contributed by atoms with van der Waals surface area (Å²) in [6, 6.07) is 5.16. The highest BCUT2D eigenvalue weighted by molar-refractivity contribution is 7.13. The molecule has 0 radical (unpaired) electrons. The van der Waals surface area contributed by atoms with E-state index in [0.29, 0.717) is 35.3 Å². The van der Waals surface area contributed by atoms with E-state index < -0.39 is 0 Å². The van der Waals surface area contributed by atoms with Gasteiger partial charge >= 0.3 is 6.03 Å². The van der Waals surface area contributed by atoms with Gasteiger partial charge in [0, 0.05) is 37.8 Å². The number of nitrogens with one attached hydrogen (secondary N) is 2. The van der Waals surface area contributed by atoms with Gasteiger partial charge in [0.1, 0.15) is 5.01 Å². The maximum Gasteiger partial charge on any atom is 0.317 e. The smallest absolute Gasteiger partial charge is 0.317 e. The number of carbonyl (C=O) groups is 2. The number of urea groups is 1. The fourth-order valence-corrected chi connectivity index (χ4v) is 4.05. The van der Waals surface area contributed by atoms with E-state index >= 15 is 0 Å². The van der Waals surface area contributed by atoms with Gasteiger partial charge < -0.3 is 25.0 Å². The molecule has 2 aliphatic heterocycles. The zero-order valence-electron chi connectivity index (χ0n) is 14.7. The predicted molar refractivity (Wildman–Crippen MR) is 98.4 cm³/mol. The van der Waals surface area contributed by atoms with Crippen molar-refractivity contribution in [2.45, 2.75) is 18.8 Å². The van der Waals surface area contributed by atoms with E-state index in [2.05, 4.69) is 20.8 Å². The second-order valence-corrected chi connectivity index (χ2v) is 7.29. The van der Waals surface area contributed by atoms with Crippen molar-refractivity contribution in [3.8, 4) is 11.5 Å². The number of hydrogen-bond acceptors (Lipinski definition) is 7. The average Bonchev–Trinajstić information content (AvgIpc) is 3.36. The standard InChI is InChI=1S/C17H19N5O4S/c1-18-17(24)22-6-4-10(5-7-22)15-20-21-16(27-15)14(23)19-11-2-3-12-13(8-11)26-9-25-12/h2-3,8,10H,4-7,9H2,1H3,(H,18,24)(H,19,23). The molecule has 142 valence electrons. The third kappa shape index (κ3) is 3.65. The highest BCUT2D eigenvalue weighted by Crippen LogP contribution is 2.34. The maximum atomic E-state index is 12.5. The quantitative estimate of drug-likeness (QED) is 0.832. The van der Waals surface area contributed by atoms with Crippen LogP contribution in [0.3, 0.4) is 0 Å². The van der Waals surface area contributed by atoms with Gasteiger partial charge in [-0.3, -0.25) is 4.79 Å². The molecular weight excluding hydrogens is 370 g/mol. The number of aromatic nitrogens is 2. The van der Waals surface area contributed by atoms with Crippen molar-refractivity contribution in [3.63, 3.8) is 0 Å². The summed E-state index contributed by atoms with van der Waals surface area (Å²) < 4.78 is 10.6. The molecule has 3 heterocycles. The van der Waals surface area contributed by atoms with Gasteiger partial charge in [0.15, 0.2) is 11.5 Å². The largest absolute Gasteiger partial charge is 0.454 e. The number of nitrogens with zero attached hydrogens (tertiary/aromatic N) is 3. The van der Waals surface area contributed by atoms with Crippen LogP contribution in [0.1, 0.15) is 33.6 Å². The molecule has 3 amide bonds. The second kappa shape index (κ2) is 7.39. The van der Waals surface area contributed by atoms with E-state index in [1.807, 2.05) is 0 Å². The molecule has 0 unspecified atom stereocenters. The lowest BCUT2D eigenvalue weighted by Gasteiger charge is -2.30. The highest BCUT2D eigenvalue weighted by atomic mass is 32.1. The van der Waals surface area contributed by atoms with Gasteiger partial charge in [-0.15, -0.1) is 10.2 Å². The van der Waals surface area contributed by atoms with Crippen molar-refractivity contribution >= 4 is 29.0 Å². The second-order valence-electron chi connectivity index (χ2n) is 6.28. The fraction of sp³-hybridized carbons (Fsp3) is 0.412. The molecule has 27 heavy (non-hydrogen) atoms. The third-order valence-corrected chi connectivity index (χ3v) is 5.70. The molecule has 1 aromatic heterocycles. The number of fused-ring (bicyclic) bond motifs is 1. The number of benzene rings is 1. The van der Waals surface area contributed by atoms with Crippen molar-refractivity contribution in [1.29, 1.82) is 0 Å². The molecule has 4 rings (SSSR count). The number of amides is 3. The van der Waals surface area contributed by atoms with Crippen LogP contribution < -0.4 is 20.1 Å². The van der Waals surface area contributed by atoms with Gasteiger partial charge in [-0.2, -0.15) is 0 Å². The Balaban J connectivity index is 1.38. The fourth-order valence-electron chi connectivity index (χ4n) is 3.14. The van der Waals surface area contributed by atoms with E-state index in [4.69, 9.17) is 9.47 Å². The number of likely N-dealkylation sites (tertiary alicyclic amines) is 1. The summed E-state index contributed by atoms with van der Waals surface area (Å²) >= 11 is 1.30. The molecule has 1 aromatic carbocycles. The normalized spacial score (nSPS) is 16.3. The Morgan fingerprint density at radius 3 is 2.74 bits per heavy atom. The molecule has 0 spiro atoms. The summed E-state index contributed by atoms with van der Waals surface area (Å²) in [4.78, 5) is 25.9. The van der Waals surface area contributed by atoms with Crippen LogP contribution in [0, 0.1) is 0 Å². The van der Waals surface area contributed by atoms with Crippen LogP contribution in [-0.4, -0.2) is 54.0 Å². The van der Waals surface area contributed by atoms with Gasteiger partial charge in [-0.05, 0) is 25.0 Å². The zero-order valence-corrected chi connectivity index (χ0v) is 15.5. The van der Waals surface area contributed by atoms with E-state index in [9.17, 15) is 9.59 Å². The molecule has 0 aliphatic carbocycles. The van der Waals surface area contributed by atoms with E-state index in [1.165, 1.54) is 11.3 Å². The predicted octanol–water partition coefficient (Wildman–Crippen LogP) is 2.04. The number of rotatable bonds is 3. The highest BCUT2D eigenvalue weighted by Gasteiger charge is 2.26. The zero-order chi connectivity index (χ0) is 18.8. The van der Waals surface area contributed by atoms with E-state index in [1.54, 1.807) is 30.1 Å². The Bertz CT molecular complexity index is 863. The van der Waals surface area contributed by atoms with Crippen LogP contribution in [0.4, 0.5) is 10.5 Å². The van der Waals surface area contributed by atoms with Gasteiger partial charge in [-0.1, -0.05) is 11.3 Å². The SMILES string of the molecule is CNC(=O)N1CCC(c2nnc(C(=O)Nc3ccc4c(c3)OCO4)s2)CC1. The molecule has 2 N–H and O–H groups in total. The summed E-state index contributed by atoms with van der Waals surface area (Å²) in [5.41, 5.74) is 0.611. The molecule has 0 atom stereocenters. The number of hydrogen-bond donors (Lipinski definition) is 2. The van der Waals surface area contributed by atoms with Gasteiger partial charge in [0.2, 0.25) is 11.8 Å². The van der Waals surface area contributed by atoms with Gasteiger partial charge in [0.05, 0.1) is 0 Å². The summed E-state index contributed by atoms with van der Waals surface area (Å²) in [6.07, 6.45) is 1.62. The lowest BCUT2D eigenvalue weighted by atomic mass is 9.98. The van der Waals surface area contributed by atoms with Crippen molar-refractivity contribution in [2.24, 2.45) is 0 Å². The van der Waals surface area contributed by atoms with Crippen molar-refractivity contribution in [2.75, 3.05) is 32.2 Å². The lowest BCUT2D eigenvalue weighted by Crippen LogP contribution is -2.42. The maximum absolute atomic E-state index is 12.5. The van der Waals surface area contributed by atoms with Crippen LogP contribution in [0.2, 0.25) is 0 Å². The minimum atomic E-state index is -0.305. The number of anilines is 1. The third-order valence-electron chi connectivity index (χ3n) is 4.61. The van der Waals surface area contributed by atoms with Crippen LogP contribution in [0.25, 0.3) is 0 Å². The molecule has 2 aliphatic rings. The minimum absolute atomic E-state index is 0.0606. The van der Waals surface area contributed by atoms with Crippen LogP contribution in [-0.2, 0) is 0 Å². The Kier molecular flexibility index (Phi) is 4.80. The van der Waals surface area contributed by atoms with Crippen molar-refractivity contribution < 1.29 is 19.1 Å². The molecular formula is C17H19N5O4S. The molecule has 1 saturated heterocycles. The summed E-state index contributed by atoms with van der Waals surface area (Å²) in [6.45, 7) is 1.52. The lowest BCUT2D eigenvalue weighted by molar-refractivity contribution is 0.102. The first-order chi connectivity index (χ1) is 13.1. The summed E-state index contributed by atoms with van der Waals surface area (Å²) in [5.74, 6) is 1.18. The van der Waals surface area contributed by atoms with Crippen LogP contribution in [0.5, 0.6) is 11.5 Å². The first kappa shape index (κ1) is 17.5. The average molecular weight is 389 g/mol. The minimum Gasteiger partial charge on any atom is -0.454 e. The van der Waals surface area contributed by atoms with E-state index in [-0.39, 0.29) is 24.6 Å². The molecule has 9 nitrogen and oxygen atoms in total. The Morgan fingerprint density at radius 2 is 1.96 bits per heavy atom. The van der Waals surface area contributed by atoms with Crippen LogP contribution >= 0.6 is 11.3 Å². The first-order valence-electron chi connectivity index (χ1n) is 8.65. The Labute approximate surface area is 159 Å². The van der Waals surface area contributed by atoms with Crippen molar-refractivity contribution in [1.82, 2.24) is 20.4 Å². The Morgan fingerprint density at radius 1 is 1.19 bits per heavy atom. The molecule has 2 aromatic rings. The molecule has 10 heteroatoms. The van der Waals surface area contributed by atoms with Gasteiger partial charge in [-0.25, -0.2) is 4.79 Å². The number of carbonyl (C=O) groups excluding carboxylic acids is 2. The number of ether oxygens (including phenoxy) is 2. The van der Waals surface area contributed by atoms with E-state index in [0.717, 1.165) is 17.8 Å². The molecule has 1 fully saturated rings. The molecule has 0 saturated carbocycles. The van der Waals surface area contributed by atoms with Gasteiger partial charge in [0.25, 0.3) is 5.91 Å². The summed E-state index contributed by atoms with van der Waals surface area (Å²) in [7, 11) is 1.63. The molecule has 0 bridgehead atoms. The Hall–Kier alpha value is -2.88. The topological polar surface area (TPSA) is 106 Å². The number of piperidine rings is 1. The van der Waals surface area contributed by atoms with Crippen LogP contribution in [0.15, 0.2) is 18.2 Å². The first-order valence-corrected chi connectivity index (χ1v) is 9.47. The monoisotopic (exact) mass is 389 g/mol. The van der Waals surface area contributed by atoms with Crippen molar-refractivity contribution in [3.05, 3.63) is 28.2 Å². The summed E-state index contributed by atoms with van der Waals surface area (Å²) in [5, 5.41) is 14.8.